The van der Waals surface area contributed by atoms with Crippen LogP contribution in [0.2, 0.25) is 0 Å². The van der Waals surface area contributed by atoms with Crippen LogP contribution >= 0.6 is 0 Å². The van der Waals surface area contributed by atoms with E-state index in [1.54, 1.807) is 19.4 Å². The molecule has 1 aromatic rings. The normalized spacial score (nSPS) is 13.9. The van der Waals surface area contributed by atoms with Crippen molar-refractivity contribution in [1.82, 2.24) is 14.9 Å². The van der Waals surface area contributed by atoms with Crippen molar-refractivity contribution in [3.63, 3.8) is 0 Å². The zero-order chi connectivity index (χ0) is 12.0. The molecule has 1 heterocycles. The molecule has 6 heteroatoms. The zero-order valence-electron chi connectivity index (χ0n) is 9.76. The molecule has 16 heavy (non-hydrogen) atoms. The highest BCUT2D eigenvalue weighted by molar-refractivity contribution is 7.91. The summed E-state index contributed by atoms with van der Waals surface area (Å²) in [6, 6.07) is -0.00604. The summed E-state index contributed by atoms with van der Waals surface area (Å²) in [4.78, 5) is 3.93. The van der Waals surface area contributed by atoms with Crippen LogP contribution in [0, 0.1) is 0 Å². The minimum absolute atomic E-state index is 0.00604. The van der Waals surface area contributed by atoms with E-state index in [1.807, 2.05) is 17.7 Å². The Hall–Kier alpha value is -0.880. The lowest BCUT2D eigenvalue weighted by atomic mass is 10.4. The minimum atomic E-state index is -2.88. The molecule has 0 aliphatic carbocycles. The molecule has 0 saturated carbocycles. The van der Waals surface area contributed by atoms with Gasteiger partial charge in [0.2, 0.25) is 0 Å². The van der Waals surface area contributed by atoms with Gasteiger partial charge in [0, 0.05) is 37.3 Å². The first-order chi connectivity index (χ1) is 7.53. The van der Waals surface area contributed by atoms with Crippen LogP contribution in [0.4, 0.5) is 0 Å². The monoisotopic (exact) mass is 245 g/mol. The van der Waals surface area contributed by atoms with Gasteiger partial charge in [0.15, 0.2) is 9.84 Å². The number of nitrogens with one attached hydrogen (secondary N) is 1. The maximum Gasteiger partial charge on any atom is 0.151 e. The molecule has 92 valence electrons. The van der Waals surface area contributed by atoms with E-state index in [4.69, 9.17) is 0 Å². The number of hydrogen-bond donors (Lipinski definition) is 1. The maximum absolute atomic E-state index is 11.3. The topological polar surface area (TPSA) is 64.0 Å². The number of nitrogens with zero attached hydrogens (tertiary/aromatic N) is 2. The van der Waals surface area contributed by atoms with Crippen molar-refractivity contribution in [3.05, 3.63) is 18.7 Å². The van der Waals surface area contributed by atoms with Gasteiger partial charge in [0.25, 0.3) is 0 Å². The molecule has 0 bridgehead atoms. The van der Waals surface area contributed by atoms with Crippen LogP contribution in [0.15, 0.2) is 18.7 Å². The van der Waals surface area contributed by atoms with Crippen molar-refractivity contribution in [2.24, 2.45) is 0 Å². The number of hydrogen-bond acceptors (Lipinski definition) is 4. The Labute approximate surface area is 96.8 Å². The van der Waals surface area contributed by atoms with Gasteiger partial charge in [-0.1, -0.05) is 6.92 Å². The quantitative estimate of drug-likeness (QED) is 0.750. The van der Waals surface area contributed by atoms with Gasteiger partial charge in [-0.2, -0.15) is 0 Å². The van der Waals surface area contributed by atoms with Crippen LogP contribution in [-0.4, -0.2) is 42.1 Å². The Morgan fingerprint density at radius 3 is 2.81 bits per heavy atom. The van der Waals surface area contributed by atoms with Crippen LogP contribution in [0.3, 0.4) is 0 Å². The van der Waals surface area contributed by atoms with E-state index in [2.05, 4.69) is 10.3 Å². The van der Waals surface area contributed by atoms with E-state index in [1.165, 1.54) is 0 Å². The summed E-state index contributed by atoms with van der Waals surface area (Å²) in [6.07, 6.45) is 5.36. The fourth-order valence-electron chi connectivity index (χ4n) is 1.42. The third-order valence-electron chi connectivity index (χ3n) is 2.37. The standard InChI is InChI=1S/C10H19N3O2S/c1-3-16(14,15)8-10(2)12-5-7-13-6-4-11-9-13/h4,6,9-10,12H,3,5,7-8H2,1-2H3. The van der Waals surface area contributed by atoms with Gasteiger partial charge in [0.05, 0.1) is 12.1 Å². The predicted molar refractivity (Wildman–Crippen MR) is 64.0 cm³/mol. The Morgan fingerprint density at radius 1 is 1.50 bits per heavy atom. The van der Waals surface area contributed by atoms with Gasteiger partial charge < -0.3 is 9.88 Å². The van der Waals surface area contributed by atoms with E-state index < -0.39 is 9.84 Å². The second kappa shape index (κ2) is 6.00. The van der Waals surface area contributed by atoms with Crippen molar-refractivity contribution in [2.45, 2.75) is 26.4 Å². The van der Waals surface area contributed by atoms with Crippen molar-refractivity contribution in [1.29, 1.82) is 0 Å². The molecule has 0 aliphatic rings. The highest BCUT2D eigenvalue weighted by atomic mass is 32.2. The Kier molecular flexibility index (Phi) is 4.95. The van der Waals surface area contributed by atoms with Gasteiger partial charge in [0.1, 0.15) is 0 Å². The van der Waals surface area contributed by atoms with Crippen molar-refractivity contribution < 1.29 is 8.42 Å². The molecule has 0 spiro atoms. The van der Waals surface area contributed by atoms with E-state index in [-0.39, 0.29) is 17.5 Å². The molecule has 1 rings (SSSR count). The van der Waals surface area contributed by atoms with Gasteiger partial charge in [-0.15, -0.1) is 0 Å². The van der Waals surface area contributed by atoms with E-state index in [0.29, 0.717) is 0 Å². The molecular formula is C10H19N3O2S. The van der Waals surface area contributed by atoms with E-state index >= 15 is 0 Å². The molecule has 0 aromatic carbocycles. The molecule has 5 nitrogen and oxygen atoms in total. The van der Waals surface area contributed by atoms with Crippen LogP contribution in [-0.2, 0) is 16.4 Å². The highest BCUT2D eigenvalue weighted by Gasteiger charge is 2.12. The average Bonchev–Trinajstić information content (AvgIpc) is 2.70. The van der Waals surface area contributed by atoms with Crippen LogP contribution in [0.1, 0.15) is 13.8 Å². The second-order valence-electron chi connectivity index (χ2n) is 3.85. The van der Waals surface area contributed by atoms with Crippen LogP contribution < -0.4 is 5.32 Å². The third-order valence-corrected chi connectivity index (χ3v) is 4.25. The van der Waals surface area contributed by atoms with E-state index in [0.717, 1.165) is 13.1 Å². The first kappa shape index (κ1) is 13.2. The summed E-state index contributed by atoms with van der Waals surface area (Å²) in [6.45, 7) is 5.11. The largest absolute Gasteiger partial charge is 0.336 e. The van der Waals surface area contributed by atoms with Gasteiger partial charge in [-0.05, 0) is 6.92 Å². The molecule has 0 fully saturated rings. The van der Waals surface area contributed by atoms with Gasteiger partial charge >= 0.3 is 0 Å². The first-order valence-corrected chi connectivity index (χ1v) is 7.25. The SMILES string of the molecule is CCS(=O)(=O)CC(C)NCCn1ccnc1. The molecule has 1 unspecified atom stereocenters. The van der Waals surface area contributed by atoms with Crippen molar-refractivity contribution >= 4 is 9.84 Å². The number of rotatable bonds is 7. The number of imidazole rings is 1. The van der Waals surface area contributed by atoms with Crippen LogP contribution in [0.25, 0.3) is 0 Å². The lowest BCUT2D eigenvalue weighted by Crippen LogP contribution is -2.35. The molecule has 1 N–H and O–H groups in total. The Bertz CT molecular complexity index is 386. The summed E-state index contributed by atoms with van der Waals surface area (Å²) in [5, 5.41) is 3.18. The lowest BCUT2D eigenvalue weighted by molar-refractivity contribution is 0.530. The average molecular weight is 245 g/mol. The van der Waals surface area contributed by atoms with Gasteiger partial charge in [-0.25, -0.2) is 13.4 Å². The molecule has 0 radical (unpaired) electrons. The molecule has 0 aliphatic heterocycles. The third kappa shape index (κ3) is 4.76. The molecule has 0 saturated heterocycles. The number of sulfone groups is 1. The highest BCUT2D eigenvalue weighted by Crippen LogP contribution is 1.94. The fourth-order valence-corrected chi connectivity index (χ4v) is 2.53. The van der Waals surface area contributed by atoms with Crippen molar-refractivity contribution in [2.75, 3.05) is 18.1 Å². The Balaban J connectivity index is 2.23. The van der Waals surface area contributed by atoms with Gasteiger partial charge in [-0.3, -0.25) is 0 Å². The molecule has 0 amide bonds. The zero-order valence-corrected chi connectivity index (χ0v) is 10.6. The van der Waals surface area contributed by atoms with Crippen molar-refractivity contribution in [3.8, 4) is 0 Å². The minimum Gasteiger partial charge on any atom is -0.336 e. The second-order valence-corrected chi connectivity index (χ2v) is 6.25. The lowest BCUT2D eigenvalue weighted by Gasteiger charge is -2.13. The summed E-state index contributed by atoms with van der Waals surface area (Å²) in [5.41, 5.74) is 0. The Morgan fingerprint density at radius 2 is 2.25 bits per heavy atom. The fraction of sp³-hybridized carbons (Fsp3) is 0.700. The molecule has 1 atom stereocenters. The first-order valence-electron chi connectivity index (χ1n) is 5.43. The molecule has 1 aromatic heterocycles. The predicted octanol–water partition coefficient (Wildman–Crippen LogP) is 0.296. The van der Waals surface area contributed by atoms with Crippen LogP contribution in [0.5, 0.6) is 0 Å². The summed E-state index contributed by atoms with van der Waals surface area (Å²) in [5.74, 6) is 0.411. The molecular weight excluding hydrogens is 226 g/mol. The summed E-state index contributed by atoms with van der Waals surface area (Å²) in [7, 11) is -2.88. The van der Waals surface area contributed by atoms with E-state index in [9.17, 15) is 8.42 Å². The maximum atomic E-state index is 11.3. The summed E-state index contributed by atoms with van der Waals surface area (Å²) < 4.78 is 24.6. The number of aromatic nitrogens is 2. The smallest absolute Gasteiger partial charge is 0.151 e. The summed E-state index contributed by atoms with van der Waals surface area (Å²) >= 11 is 0.